The van der Waals surface area contributed by atoms with E-state index in [2.05, 4.69) is 19.9 Å². The molecule has 1 aromatic carbocycles. The molecular weight excluding hydrogens is 368 g/mol. The lowest BCUT2D eigenvalue weighted by Gasteiger charge is -2.14. The standard InChI is InChI=1S/C17H16N6O3S/c1-22-17-12(10-20-22)4-6-14(26-2)16(17)21-27(24,25)13-5-7-15(18-11-13)23-9-3-8-19-23/h3-11,21H,1-2H3. The molecule has 0 aliphatic carbocycles. The maximum Gasteiger partial charge on any atom is 0.263 e. The number of sulfonamides is 1. The SMILES string of the molecule is COc1ccc2cnn(C)c2c1NS(=O)(=O)c1ccc(-n2cccn2)nc1. The molecule has 0 bridgehead atoms. The Morgan fingerprint density at radius 3 is 2.63 bits per heavy atom. The lowest BCUT2D eigenvalue weighted by molar-refractivity contribution is 0.417. The normalized spacial score (nSPS) is 11.6. The molecule has 3 aromatic heterocycles. The van der Waals surface area contributed by atoms with Gasteiger partial charge in [0.15, 0.2) is 5.82 Å². The Hall–Kier alpha value is -3.40. The van der Waals surface area contributed by atoms with Crippen LogP contribution in [0.2, 0.25) is 0 Å². The second-order valence-corrected chi connectivity index (χ2v) is 7.44. The third-order valence-electron chi connectivity index (χ3n) is 4.09. The van der Waals surface area contributed by atoms with E-state index in [1.807, 2.05) is 6.07 Å². The Morgan fingerprint density at radius 1 is 1.11 bits per heavy atom. The van der Waals surface area contributed by atoms with E-state index in [9.17, 15) is 8.42 Å². The second-order valence-electron chi connectivity index (χ2n) is 5.76. The van der Waals surface area contributed by atoms with Crippen molar-refractivity contribution in [3.63, 3.8) is 0 Å². The highest BCUT2D eigenvalue weighted by atomic mass is 32.2. The van der Waals surface area contributed by atoms with Gasteiger partial charge in [-0.05, 0) is 30.3 Å². The molecule has 0 spiro atoms. The first-order valence-corrected chi connectivity index (χ1v) is 9.45. The lowest BCUT2D eigenvalue weighted by Crippen LogP contribution is -2.15. The van der Waals surface area contributed by atoms with Gasteiger partial charge >= 0.3 is 0 Å². The average Bonchev–Trinajstić information content (AvgIpc) is 3.32. The van der Waals surface area contributed by atoms with Crippen LogP contribution in [0.15, 0.2) is 60.0 Å². The number of anilines is 1. The van der Waals surface area contributed by atoms with Crippen molar-refractivity contribution in [2.75, 3.05) is 11.8 Å². The first kappa shape index (κ1) is 17.0. The number of aromatic nitrogens is 5. The van der Waals surface area contributed by atoms with Crippen LogP contribution in [0.25, 0.3) is 16.7 Å². The van der Waals surface area contributed by atoms with Crippen molar-refractivity contribution in [2.24, 2.45) is 7.05 Å². The summed E-state index contributed by atoms with van der Waals surface area (Å²) in [4.78, 5) is 4.20. The van der Waals surface area contributed by atoms with E-state index in [0.29, 0.717) is 22.8 Å². The van der Waals surface area contributed by atoms with Crippen LogP contribution in [0, 0.1) is 0 Å². The predicted molar refractivity (Wildman–Crippen MR) is 99.4 cm³/mol. The summed E-state index contributed by atoms with van der Waals surface area (Å²) >= 11 is 0. The number of aryl methyl sites for hydroxylation is 1. The van der Waals surface area contributed by atoms with Gasteiger partial charge in [0.05, 0.1) is 18.8 Å². The highest BCUT2D eigenvalue weighted by molar-refractivity contribution is 7.92. The van der Waals surface area contributed by atoms with E-state index in [0.717, 1.165) is 5.39 Å². The minimum absolute atomic E-state index is 0.0274. The van der Waals surface area contributed by atoms with Gasteiger partial charge < -0.3 is 4.74 Å². The van der Waals surface area contributed by atoms with Crippen LogP contribution in [0.1, 0.15) is 0 Å². The van der Waals surface area contributed by atoms with Gasteiger partial charge in [-0.3, -0.25) is 9.40 Å². The minimum atomic E-state index is -3.88. The average molecular weight is 384 g/mol. The topological polar surface area (TPSA) is 104 Å². The lowest BCUT2D eigenvalue weighted by atomic mass is 10.2. The predicted octanol–water partition coefficient (Wildman–Crippen LogP) is 1.96. The van der Waals surface area contributed by atoms with Gasteiger partial charge in [0.1, 0.15) is 16.3 Å². The number of nitrogens with zero attached hydrogens (tertiary/aromatic N) is 5. The molecule has 0 radical (unpaired) electrons. The van der Waals surface area contributed by atoms with Crippen molar-refractivity contribution in [1.29, 1.82) is 0 Å². The highest BCUT2D eigenvalue weighted by Gasteiger charge is 2.21. The van der Waals surface area contributed by atoms with Crippen LogP contribution in [-0.4, -0.2) is 40.1 Å². The zero-order valence-electron chi connectivity index (χ0n) is 14.6. The van der Waals surface area contributed by atoms with Crippen molar-refractivity contribution < 1.29 is 13.2 Å². The molecule has 0 atom stereocenters. The van der Waals surface area contributed by atoms with Crippen molar-refractivity contribution in [3.8, 4) is 11.6 Å². The summed E-state index contributed by atoms with van der Waals surface area (Å²) in [6.45, 7) is 0. The van der Waals surface area contributed by atoms with Gasteiger partial charge in [-0.1, -0.05) is 0 Å². The Morgan fingerprint density at radius 2 is 1.96 bits per heavy atom. The van der Waals surface area contributed by atoms with Crippen molar-refractivity contribution in [1.82, 2.24) is 24.5 Å². The number of nitrogens with one attached hydrogen (secondary N) is 1. The number of benzene rings is 1. The second kappa shape index (κ2) is 6.40. The monoisotopic (exact) mass is 384 g/mol. The number of fused-ring (bicyclic) bond motifs is 1. The fourth-order valence-corrected chi connectivity index (χ4v) is 3.80. The first-order valence-electron chi connectivity index (χ1n) is 7.97. The summed E-state index contributed by atoms with van der Waals surface area (Å²) in [7, 11) is -0.663. The van der Waals surface area contributed by atoms with Gasteiger partial charge in [-0.25, -0.2) is 18.1 Å². The Balaban J connectivity index is 1.74. The van der Waals surface area contributed by atoms with Crippen LogP contribution in [0.3, 0.4) is 0 Å². The number of hydrogen-bond acceptors (Lipinski definition) is 6. The zero-order chi connectivity index (χ0) is 19.0. The van der Waals surface area contributed by atoms with Crippen LogP contribution < -0.4 is 9.46 Å². The molecule has 4 aromatic rings. The maximum absolute atomic E-state index is 12.9. The number of ether oxygens (including phenoxy) is 1. The van der Waals surface area contributed by atoms with E-state index in [-0.39, 0.29) is 4.90 Å². The molecule has 0 saturated heterocycles. The summed E-state index contributed by atoms with van der Waals surface area (Å²) in [5, 5.41) is 9.04. The fraction of sp³-hybridized carbons (Fsp3) is 0.118. The molecule has 0 amide bonds. The molecule has 0 saturated carbocycles. The molecule has 0 unspecified atom stereocenters. The van der Waals surface area contributed by atoms with Gasteiger partial charge in [0.25, 0.3) is 10.0 Å². The molecule has 3 heterocycles. The van der Waals surface area contributed by atoms with E-state index < -0.39 is 10.0 Å². The number of pyridine rings is 1. The van der Waals surface area contributed by atoms with Crippen LogP contribution in [0.4, 0.5) is 5.69 Å². The molecule has 9 nitrogen and oxygen atoms in total. The summed E-state index contributed by atoms with van der Waals surface area (Å²) < 4.78 is 36.8. The quantitative estimate of drug-likeness (QED) is 0.564. The first-order chi connectivity index (χ1) is 13.0. The van der Waals surface area contributed by atoms with Crippen molar-refractivity contribution in [3.05, 3.63) is 55.1 Å². The molecule has 0 aliphatic heterocycles. The summed E-state index contributed by atoms with van der Waals surface area (Å²) in [5.41, 5.74) is 0.949. The van der Waals surface area contributed by atoms with Crippen LogP contribution in [-0.2, 0) is 17.1 Å². The number of methoxy groups -OCH3 is 1. The molecule has 10 heteroatoms. The van der Waals surface area contributed by atoms with Gasteiger partial charge in [0, 0.05) is 31.0 Å². The molecule has 0 aliphatic rings. The van der Waals surface area contributed by atoms with Crippen LogP contribution in [0.5, 0.6) is 5.75 Å². The molecule has 1 N–H and O–H groups in total. The van der Waals surface area contributed by atoms with E-state index in [4.69, 9.17) is 4.74 Å². The maximum atomic E-state index is 12.9. The highest BCUT2D eigenvalue weighted by Crippen LogP contribution is 2.34. The smallest absolute Gasteiger partial charge is 0.263 e. The van der Waals surface area contributed by atoms with Gasteiger partial charge in [-0.2, -0.15) is 10.2 Å². The summed E-state index contributed by atoms with van der Waals surface area (Å²) in [6.07, 6.45) is 6.29. The third-order valence-corrected chi connectivity index (χ3v) is 5.43. The van der Waals surface area contributed by atoms with Gasteiger partial charge in [-0.15, -0.1) is 0 Å². The molecule has 27 heavy (non-hydrogen) atoms. The third kappa shape index (κ3) is 2.99. The number of hydrogen-bond donors (Lipinski definition) is 1. The van der Waals surface area contributed by atoms with E-state index in [1.54, 1.807) is 53.2 Å². The Bertz CT molecular complexity index is 1200. The van der Waals surface area contributed by atoms with E-state index in [1.165, 1.54) is 19.4 Å². The summed E-state index contributed by atoms with van der Waals surface area (Å²) in [5.74, 6) is 0.918. The van der Waals surface area contributed by atoms with Crippen molar-refractivity contribution >= 4 is 26.6 Å². The fourth-order valence-electron chi connectivity index (χ4n) is 2.78. The van der Waals surface area contributed by atoms with Crippen LogP contribution >= 0.6 is 0 Å². The van der Waals surface area contributed by atoms with Crippen molar-refractivity contribution in [2.45, 2.75) is 4.90 Å². The van der Waals surface area contributed by atoms with Gasteiger partial charge in [0.2, 0.25) is 0 Å². The Kier molecular flexibility index (Phi) is 4.04. The minimum Gasteiger partial charge on any atom is -0.494 e. The summed E-state index contributed by atoms with van der Waals surface area (Å²) in [6, 6.07) is 8.33. The Labute approximate surface area is 155 Å². The molecular formula is C17H16N6O3S. The zero-order valence-corrected chi connectivity index (χ0v) is 15.4. The molecule has 138 valence electrons. The van der Waals surface area contributed by atoms with E-state index >= 15 is 0 Å². The number of rotatable bonds is 5. The largest absolute Gasteiger partial charge is 0.494 e. The molecule has 4 rings (SSSR count). The molecule has 0 fully saturated rings.